The molecule has 11 rings (SSSR count). The van der Waals surface area contributed by atoms with Crippen molar-refractivity contribution < 1.29 is 4.42 Å². The summed E-state index contributed by atoms with van der Waals surface area (Å²) >= 11 is 0. The molecule has 1 aromatic heterocycles. The molecule has 1 aliphatic heterocycles. The van der Waals surface area contributed by atoms with E-state index in [0.717, 1.165) is 28.4 Å². The molecule has 1 unspecified atom stereocenters. The van der Waals surface area contributed by atoms with Gasteiger partial charge in [-0.3, -0.25) is 0 Å². The van der Waals surface area contributed by atoms with Crippen molar-refractivity contribution in [3.05, 3.63) is 193 Å². The van der Waals surface area contributed by atoms with E-state index in [1.54, 1.807) is 0 Å². The van der Waals surface area contributed by atoms with Crippen LogP contribution in [0.3, 0.4) is 0 Å². The summed E-state index contributed by atoms with van der Waals surface area (Å²) in [6.45, 7) is 0. The van der Waals surface area contributed by atoms with E-state index in [1.165, 1.54) is 83.0 Å². The van der Waals surface area contributed by atoms with Crippen LogP contribution in [0.5, 0.6) is 0 Å². The highest BCUT2D eigenvalue weighted by Crippen LogP contribution is 2.48. The summed E-state index contributed by atoms with van der Waals surface area (Å²) in [6.07, 6.45) is 5.56. The number of benzene rings is 8. The van der Waals surface area contributed by atoms with Gasteiger partial charge in [-0.25, -0.2) is 0 Å². The summed E-state index contributed by atoms with van der Waals surface area (Å²) in [6, 6.07) is 59.6. The lowest BCUT2D eigenvalue weighted by Crippen LogP contribution is -2.05. The fourth-order valence-electron chi connectivity index (χ4n) is 8.82. The molecule has 0 radical (unpaired) electrons. The molecule has 2 heterocycles. The van der Waals surface area contributed by atoms with Crippen molar-refractivity contribution in [1.82, 2.24) is 0 Å². The number of para-hydroxylation sites is 2. The van der Waals surface area contributed by atoms with E-state index in [4.69, 9.17) is 4.42 Å². The molecule has 0 bridgehead atoms. The first-order valence-electron chi connectivity index (χ1n) is 18.1. The van der Waals surface area contributed by atoms with Crippen LogP contribution in [-0.4, -0.2) is 0 Å². The van der Waals surface area contributed by atoms with Gasteiger partial charge in [0.1, 0.15) is 11.2 Å². The number of anilines is 1. The Hall–Kier alpha value is -6.64. The van der Waals surface area contributed by atoms with E-state index < -0.39 is 0 Å². The monoisotopic (exact) mass is 663 g/mol. The van der Waals surface area contributed by atoms with Gasteiger partial charge in [-0.15, -0.1) is 0 Å². The standard InChI is InChI=1S/C50H33NO/c1-2-14-38(35(11-1)34-26-28-48-44(30-34)37-13-8-10-20-47(37)52-48)50-41-17-5-3-15-39(41)49(40-16-4-6-18-42(40)50)32-23-21-31(22-24-32)33-25-27-46-43(29-33)36-12-7-9-19-45(36)51-46/h1-28,30,43,51H,29H2. The topological polar surface area (TPSA) is 25.2 Å². The highest BCUT2D eigenvalue weighted by Gasteiger charge is 2.29. The van der Waals surface area contributed by atoms with E-state index >= 15 is 0 Å². The van der Waals surface area contributed by atoms with Crippen molar-refractivity contribution in [3.8, 4) is 33.4 Å². The van der Waals surface area contributed by atoms with Crippen LogP contribution in [0.15, 0.2) is 186 Å². The smallest absolute Gasteiger partial charge is 0.135 e. The number of fused-ring (bicyclic) bond motifs is 8. The molecular weight excluding hydrogens is 631 g/mol. The lowest BCUT2D eigenvalue weighted by Gasteiger charge is -2.21. The average Bonchev–Trinajstić information content (AvgIpc) is 3.78. The van der Waals surface area contributed by atoms with Gasteiger partial charge in [-0.1, -0.05) is 146 Å². The van der Waals surface area contributed by atoms with E-state index in [-0.39, 0.29) is 0 Å². The largest absolute Gasteiger partial charge is 0.456 e. The van der Waals surface area contributed by atoms with Gasteiger partial charge in [-0.2, -0.15) is 0 Å². The van der Waals surface area contributed by atoms with Crippen molar-refractivity contribution in [1.29, 1.82) is 0 Å². The minimum atomic E-state index is 0.389. The highest BCUT2D eigenvalue weighted by molar-refractivity contribution is 6.22. The van der Waals surface area contributed by atoms with Crippen molar-refractivity contribution in [3.63, 3.8) is 0 Å². The number of allylic oxidation sites excluding steroid dienone is 4. The minimum absolute atomic E-state index is 0.389. The Bertz CT molecular complexity index is 2900. The molecule has 2 nitrogen and oxygen atoms in total. The summed E-state index contributed by atoms with van der Waals surface area (Å²) in [7, 11) is 0. The number of rotatable bonds is 4. The van der Waals surface area contributed by atoms with Gasteiger partial charge >= 0.3 is 0 Å². The third-order valence-corrected chi connectivity index (χ3v) is 11.2. The highest BCUT2D eigenvalue weighted by atomic mass is 16.3. The maximum atomic E-state index is 6.19. The van der Waals surface area contributed by atoms with Crippen LogP contribution in [-0.2, 0) is 0 Å². The maximum Gasteiger partial charge on any atom is 0.135 e. The molecule has 0 fully saturated rings. The first-order chi connectivity index (χ1) is 25.8. The molecule has 0 amide bonds. The van der Waals surface area contributed by atoms with Crippen molar-refractivity contribution >= 4 is 54.7 Å². The summed E-state index contributed by atoms with van der Waals surface area (Å²) < 4.78 is 6.19. The Labute approximate surface area is 302 Å². The Morgan fingerprint density at radius 2 is 1.02 bits per heavy atom. The molecule has 244 valence electrons. The van der Waals surface area contributed by atoms with Crippen LogP contribution in [0, 0.1) is 0 Å². The first-order valence-corrected chi connectivity index (χ1v) is 18.1. The van der Waals surface area contributed by atoms with Crippen molar-refractivity contribution in [2.24, 2.45) is 0 Å². The molecular formula is C50H33NO. The van der Waals surface area contributed by atoms with Crippen molar-refractivity contribution in [2.45, 2.75) is 12.3 Å². The van der Waals surface area contributed by atoms with Gasteiger partial charge < -0.3 is 9.73 Å². The fourth-order valence-corrected chi connectivity index (χ4v) is 8.82. The number of furan rings is 1. The fraction of sp³-hybridized carbons (Fsp3) is 0.0400. The maximum absolute atomic E-state index is 6.19. The minimum Gasteiger partial charge on any atom is -0.456 e. The van der Waals surface area contributed by atoms with Crippen LogP contribution in [0.25, 0.3) is 82.4 Å². The van der Waals surface area contributed by atoms with Crippen LogP contribution in [0.4, 0.5) is 5.69 Å². The Kier molecular flexibility index (Phi) is 6.41. The molecule has 9 aromatic rings. The molecule has 1 atom stereocenters. The normalized spacial score (nSPS) is 15.0. The lowest BCUT2D eigenvalue weighted by molar-refractivity contribution is 0.669. The summed E-state index contributed by atoms with van der Waals surface area (Å²) in [5, 5.41) is 10.9. The summed E-state index contributed by atoms with van der Waals surface area (Å²) in [4.78, 5) is 0. The third kappa shape index (κ3) is 4.44. The molecule has 1 aliphatic carbocycles. The molecule has 0 spiro atoms. The SMILES string of the molecule is C1=C(c2ccc(-c3c4ccccc4c(-c4ccccc4-c4ccc5oc6ccccc6c5c4)c4ccccc34)cc2)CC2C(=C1)Nc1ccccc12. The van der Waals surface area contributed by atoms with Crippen LogP contribution in [0.2, 0.25) is 0 Å². The second-order valence-corrected chi connectivity index (χ2v) is 14.1. The van der Waals surface area contributed by atoms with Gasteiger partial charge in [0.2, 0.25) is 0 Å². The molecule has 2 aliphatic rings. The molecule has 8 aromatic carbocycles. The summed E-state index contributed by atoms with van der Waals surface area (Å²) in [5.74, 6) is 0.389. The lowest BCUT2D eigenvalue weighted by atomic mass is 9.83. The van der Waals surface area contributed by atoms with E-state index in [1.807, 2.05) is 12.1 Å². The zero-order valence-corrected chi connectivity index (χ0v) is 28.4. The van der Waals surface area contributed by atoms with Gasteiger partial charge in [0.25, 0.3) is 0 Å². The third-order valence-electron chi connectivity index (χ3n) is 11.2. The second-order valence-electron chi connectivity index (χ2n) is 14.1. The zero-order valence-electron chi connectivity index (χ0n) is 28.4. The Morgan fingerprint density at radius 1 is 0.442 bits per heavy atom. The number of hydrogen-bond acceptors (Lipinski definition) is 2. The molecule has 2 heteroatoms. The van der Waals surface area contributed by atoms with E-state index in [2.05, 4.69) is 169 Å². The van der Waals surface area contributed by atoms with Crippen molar-refractivity contribution in [2.75, 3.05) is 5.32 Å². The predicted molar refractivity (Wildman–Crippen MR) is 219 cm³/mol. The molecule has 1 N–H and O–H groups in total. The van der Waals surface area contributed by atoms with Gasteiger partial charge in [-0.05, 0) is 108 Å². The van der Waals surface area contributed by atoms with E-state index in [9.17, 15) is 0 Å². The molecule has 0 saturated heterocycles. The van der Waals surface area contributed by atoms with Crippen LogP contribution in [0.1, 0.15) is 23.5 Å². The van der Waals surface area contributed by atoms with Crippen LogP contribution < -0.4 is 5.32 Å². The second kappa shape index (κ2) is 11.4. The predicted octanol–water partition coefficient (Wildman–Crippen LogP) is 13.8. The molecule has 0 saturated carbocycles. The van der Waals surface area contributed by atoms with Gasteiger partial charge in [0.05, 0.1) is 0 Å². The quantitative estimate of drug-likeness (QED) is 0.190. The number of nitrogens with one attached hydrogen (secondary N) is 1. The number of hydrogen-bond donors (Lipinski definition) is 1. The first kappa shape index (κ1) is 29.1. The Morgan fingerprint density at radius 3 is 1.79 bits per heavy atom. The van der Waals surface area contributed by atoms with Gasteiger partial charge in [0, 0.05) is 28.1 Å². The zero-order chi connectivity index (χ0) is 34.2. The van der Waals surface area contributed by atoms with E-state index in [0.29, 0.717) is 5.92 Å². The van der Waals surface area contributed by atoms with Gasteiger partial charge in [0.15, 0.2) is 0 Å². The average molecular weight is 664 g/mol. The molecule has 52 heavy (non-hydrogen) atoms. The summed E-state index contributed by atoms with van der Waals surface area (Å²) in [5.41, 5.74) is 15.8. The Balaban J connectivity index is 1.05. The van der Waals surface area contributed by atoms with Crippen LogP contribution >= 0.6 is 0 Å².